The molecule has 4 aromatic carbocycles. The zero-order valence-corrected chi connectivity index (χ0v) is 27.1. The van der Waals surface area contributed by atoms with Crippen molar-refractivity contribution in [1.82, 2.24) is 5.32 Å². The van der Waals surface area contributed by atoms with Gasteiger partial charge in [-0.25, -0.2) is 9.59 Å². The fourth-order valence-corrected chi connectivity index (χ4v) is 6.70. The van der Waals surface area contributed by atoms with E-state index < -0.39 is 18.2 Å². The fraction of sp³-hybridized carbons (Fsp3) is 0.243. The van der Waals surface area contributed by atoms with Crippen LogP contribution in [-0.4, -0.2) is 40.7 Å². The van der Waals surface area contributed by atoms with E-state index in [4.69, 9.17) is 9.47 Å². The van der Waals surface area contributed by atoms with Crippen molar-refractivity contribution >= 4 is 41.2 Å². The molecule has 2 aliphatic rings. The lowest BCUT2D eigenvalue weighted by molar-refractivity contribution is -0.268. The van der Waals surface area contributed by atoms with E-state index >= 15 is 0 Å². The van der Waals surface area contributed by atoms with Crippen LogP contribution >= 0.6 is 11.8 Å². The number of nitrogens with one attached hydrogen (secondary N) is 2. The molecule has 1 saturated heterocycles. The summed E-state index contributed by atoms with van der Waals surface area (Å²) in [6, 6.07) is 27.3. The lowest BCUT2D eigenvalue weighted by Crippen LogP contribution is -2.38. The van der Waals surface area contributed by atoms with E-state index in [0.29, 0.717) is 5.75 Å². The molecule has 2 heterocycles. The molecular formula is C37H34N2O8S. The first kappa shape index (κ1) is 33.1. The molecule has 11 heteroatoms. The van der Waals surface area contributed by atoms with Crippen LogP contribution in [-0.2, 0) is 32.2 Å². The monoisotopic (exact) mass is 666 g/mol. The minimum atomic E-state index is -0.760. The maximum atomic E-state index is 12.8. The van der Waals surface area contributed by atoms with Gasteiger partial charge in [-0.2, -0.15) is 0 Å². The van der Waals surface area contributed by atoms with Gasteiger partial charge in [0.05, 0.1) is 29.9 Å². The van der Waals surface area contributed by atoms with Gasteiger partial charge in [0.25, 0.3) is 5.91 Å². The molecule has 0 bridgehead atoms. The van der Waals surface area contributed by atoms with Crippen molar-refractivity contribution in [2.75, 3.05) is 11.1 Å². The molecule has 4 atom stereocenters. The van der Waals surface area contributed by atoms with Gasteiger partial charge in [0, 0.05) is 46.8 Å². The number of thioether (sulfide) groups is 1. The Kier molecular flexibility index (Phi) is 10.0. The first-order valence-electron chi connectivity index (χ1n) is 15.5. The van der Waals surface area contributed by atoms with Crippen LogP contribution in [0.3, 0.4) is 0 Å². The van der Waals surface area contributed by atoms with Crippen molar-refractivity contribution in [1.29, 1.82) is 0 Å². The topological polar surface area (TPSA) is 140 Å². The average molecular weight is 667 g/mol. The third-order valence-corrected chi connectivity index (χ3v) is 9.42. The summed E-state index contributed by atoms with van der Waals surface area (Å²) in [7, 11) is 0. The Morgan fingerprint density at radius 3 is 2.17 bits per heavy atom. The summed E-state index contributed by atoms with van der Waals surface area (Å²) in [5.74, 6) is -1.30. The van der Waals surface area contributed by atoms with Crippen LogP contribution in [0.15, 0.2) is 95.9 Å². The van der Waals surface area contributed by atoms with Crippen LogP contribution in [0.5, 0.6) is 0 Å². The summed E-state index contributed by atoms with van der Waals surface area (Å²) in [5, 5.41) is 15.2. The maximum Gasteiger partial charge on any atom is 0.346 e. The standard InChI is InChI=1S/C37H34N2O8S/c1-21-32(20-48-29-14-12-28(13-15-29)39-22(2)41)45-37(46-33(21)25-7-5-24(19-40)6-8-25)26-9-3-23(4-10-26)18-38-34(42)27-11-16-30-31(17-27)36(44)47-35(30)43/h3-17,21,32-33,37,40H,18-20H2,1-2H3,(H,38,42)(H,39,41)/t21-,32+,33+,37?/m0/s1. The van der Waals surface area contributed by atoms with Gasteiger partial charge in [0.15, 0.2) is 6.29 Å². The van der Waals surface area contributed by atoms with Crippen molar-refractivity contribution in [3.63, 3.8) is 0 Å². The van der Waals surface area contributed by atoms with Crippen LogP contribution in [0.4, 0.5) is 5.69 Å². The molecule has 0 aliphatic carbocycles. The van der Waals surface area contributed by atoms with E-state index in [1.165, 1.54) is 25.1 Å². The van der Waals surface area contributed by atoms with Crippen molar-refractivity contribution in [3.05, 3.63) is 130 Å². The van der Waals surface area contributed by atoms with Crippen molar-refractivity contribution in [3.8, 4) is 0 Å². The number of aliphatic hydroxyl groups is 1. The third kappa shape index (κ3) is 7.50. The molecule has 2 amide bonds. The highest BCUT2D eigenvalue weighted by Gasteiger charge is 2.38. The smallest absolute Gasteiger partial charge is 0.346 e. The Morgan fingerprint density at radius 2 is 1.48 bits per heavy atom. The largest absolute Gasteiger partial charge is 0.392 e. The maximum absolute atomic E-state index is 12.8. The number of carbonyl (C=O) groups is 4. The normalized spacial score (nSPS) is 20.1. The number of benzene rings is 4. The van der Waals surface area contributed by atoms with E-state index in [-0.39, 0.29) is 59.8 Å². The number of hydrogen-bond donors (Lipinski definition) is 3. The molecule has 2 aliphatic heterocycles. The van der Waals surface area contributed by atoms with Gasteiger partial charge in [-0.1, -0.05) is 55.5 Å². The number of rotatable bonds is 10. The number of hydrogen-bond acceptors (Lipinski definition) is 9. The second-order valence-corrected chi connectivity index (χ2v) is 12.8. The molecule has 0 saturated carbocycles. The zero-order valence-electron chi connectivity index (χ0n) is 26.3. The predicted octanol–water partition coefficient (Wildman–Crippen LogP) is 5.96. The zero-order chi connectivity index (χ0) is 33.8. The van der Waals surface area contributed by atoms with Gasteiger partial charge in [0.2, 0.25) is 5.91 Å². The lowest BCUT2D eigenvalue weighted by Gasteiger charge is -2.41. The Hall–Kier alpha value is -4.81. The minimum absolute atomic E-state index is 0.0149. The number of esters is 2. The fourth-order valence-electron chi connectivity index (χ4n) is 5.63. The molecule has 4 aromatic rings. The van der Waals surface area contributed by atoms with Gasteiger partial charge in [-0.15, -0.1) is 11.8 Å². The van der Waals surface area contributed by atoms with Crippen LogP contribution in [0.2, 0.25) is 0 Å². The van der Waals surface area contributed by atoms with Gasteiger partial charge in [0.1, 0.15) is 0 Å². The summed E-state index contributed by atoms with van der Waals surface area (Å²) in [6.07, 6.45) is -1.07. The lowest BCUT2D eigenvalue weighted by atomic mass is 9.91. The van der Waals surface area contributed by atoms with E-state index in [2.05, 4.69) is 22.3 Å². The van der Waals surface area contributed by atoms with E-state index in [0.717, 1.165) is 32.8 Å². The van der Waals surface area contributed by atoms with E-state index in [1.807, 2.05) is 72.8 Å². The van der Waals surface area contributed by atoms with Gasteiger partial charge < -0.3 is 30.0 Å². The summed E-state index contributed by atoms with van der Waals surface area (Å²) < 4.78 is 17.7. The van der Waals surface area contributed by atoms with Gasteiger partial charge >= 0.3 is 11.9 Å². The summed E-state index contributed by atoms with van der Waals surface area (Å²) in [5.41, 5.74) is 4.70. The molecular weight excluding hydrogens is 632 g/mol. The molecule has 10 nitrogen and oxygen atoms in total. The van der Waals surface area contributed by atoms with Gasteiger partial charge in [-0.05, 0) is 59.2 Å². The van der Waals surface area contributed by atoms with Crippen LogP contribution in [0.25, 0.3) is 0 Å². The molecule has 1 fully saturated rings. The predicted molar refractivity (Wildman–Crippen MR) is 178 cm³/mol. The Morgan fingerprint density at radius 1 is 0.812 bits per heavy atom. The third-order valence-electron chi connectivity index (χ3n) is 8.32. The van der Waals surface area contributed by atoms with Crippen molar-refractivity contribution < 1.29 is 38.5 Å². The minimum Gasteiger partial charge on any atom is -0.392 e. The van der Waals surface area contributed by atoms with Gasteiger partial charge in [-0.3, -0.25) is 9.59 Å². The average Bonchev–Trinajstić information content (AvgIpc) is 3.39. The highest BCUT2D eigenvalue weighted by molar-refractivity contribution is 7.99. The molecule has 0 radical (unpaired) electrons. The summed E-state index contributed by atoms with van der Waals surface area (Å²) in [4.78, 5) is 48.8. The second kappa shape index (κ2) is 14.5. The molecule has 48 heavy (non-hydrogen) atoms. The van der Waals surface area contributed by atoms with Crippen LogP contribution < -0.4 is 10.6 Å². The van der Waals surface area contributed by atoms with Crippen molar-refractivity contribution in [2.24, 2.45) is 5.92 Å². The SMILES string of the molecule is CC(=O)Nc1ccc(SC[C@H]2OC(c3ccc(CNC(=O)c4ccc5c(c4)C(=O)OC5=O)cc3)O[C@@H](c3ccc(CO)cc3)[C@H]2C)cc1. The summed E-state index contributed by atoms with van der Waals surface area (Å²) in [6.45, 7) is 3.79. The first-order valence-corrected chi connectivity index (χ1v) is 16.5. The number of carbonyl (C=O) groups excluding carboxylic acids is 4. The molecule has 1 unspecified atom stereocenters. The van der Waals surface area contributed by atoms with Crippen LogP contribution in [0, 0.1) is 5.92 Å². The number of fused-ring (bicyclic) bond motifs is 1. The Bertz CT molecular complexity index is 1830. The quantitative estimate of drug-likeness (QED) is 0.106. The molecule has 0 spiro atoms. The number of amides is 2. The summed E-state index contributed by atoms with van der Waals surface area (Å²) >= 11 is 1.67. The Labute approximate surface area is 281 Å². The van der Waals surface area contributed by atoms with Crippen LogP contribution in [0.1, 0.15) is 79.6 Å². The number of aliphatic hydroxyl groups excluding tert-OH is 1. The number of anilines is 1. The Balaban J connectivity index is 1.14. The number of ether oxygens (including phenoxy) is 3. The van der Waals surface area contributed by atoms with Crippen molar-refractivity contribution in [2.45, 2.75) is 50.4 Å². The molecule has 3 N–H and O–H groups in total. The highest BCUT2D eigenvalue weighted by Crippen LogP contribution is 2.43. The molecule has 0 aromatic heterocycles. The number of cyclic esters (lactones) is 2. The van der Waals surface area contributed by atoms with E-state index in [1.54, 1.807) is 11.8 Å². The first-order chi connectivity index (χ1) is 23.2. The molecule has 6 rings (SSSR count). The molecule has 246 valence electrons. The highest BCUT2D eigenvalue weighted by atomic mass is 32.2. The second-order valence-electron chi connectivity index (χ2n) is 11.7. The van der Waals surface area contributed by atoms with E-state index in [9.17, 15) is 24.3 Å².